The Labute approximate surface area is 111 Å². The summed E-state index contributed by atoms with van der Waals surface area (Å²) in [6.45, 7) is 5.28. The monoisotopic (exact) mass is 265 g/mol. The lowest BCUT2D eigenvalue weighted by Gasteiger charge is -2.14. The second kappa shape index (κ2) is 6.66. The number of hydrogen-bond donors (Lipinski definition) is 1. The van der Waals surface area contributed by atoms with Crippen molar-refractivity contribution in [2.45, 2.75) is 39.2 Å². The molecule has 0 fully saturated rings. The molecule has 0 radical (unpaired) electrons. The van der Waals surface area contributed by atoms with Gasteiger partial charge >= 0.3 is 0 Å². The van der Waals surface area contributed by atoms with Gasteiger partial charge in [-0.1, -0.05) is 31.5 Å². The molecule has 0 aliphatic rings. The van der Waals surface area contributed by atoms with Gasteiger partial charge in [-0.2, -0.15) is 4.98 Å². The molecular weight excluding hydrogens is 246 g/mol. The maximum atomic E-state index is 5.32. The van der Waals surface area contributed by atoms with Gasteiger partial charge in [-0.3, -0.25) is 0 Å². The Kier molecular flexibility index (Phi) is 4.90. The van der Waals surface area contributed by atoms with Crippen molar-refractivity contribution in [1.82, 2.24) is 15.5 Å². The van der Waals surface area contributed by atoms with Crippen molar-refractivity contribution in [2.75, 3.05) is 6.54 Å². The van der Waals surface area contributed by atoms with Gasteiger partial charge in [0, 0.05) is 12.5 Å². The number of likely N-dealkylation sites (N-methyl/N-ethyl adjacent to an activating group) is 1. The Bertz CT molecular complexity index is 447. The van der Waals surface area contributed by atoms with Crippen molar-refractivity contribution < 1.29 is 4.52 Å². The first kappa shape index (κ1) is 13.2. The van der Waals surface area contributed by atoms with Gasteiger partial charge in [-0.05, 0) is 24.4 Å². The van der Waals surface area contributed by atoms with E-state index in [0.29, 0.717) is 11.9 Å². The molecule has 1 atom stereocenters. The number of aromatic nitrogens is 2. The predicted molar refractivity (Wildman–Crippen MR) is 73.7 cm³/mol. The number of hydrogen-bond acceptors (Lipinski definition) is 5. The number of thiophene rings is 1. The lowest BCUT2D eigenvalue weighted by Crippen LogP contribution is -2.30. The van der Waals surface area contributed by atoms with Crippen molar-refractivity contribution in [3.8, 4) is 10.7 Å². The zero-order valence-electron chi connectivity index (χ0n) is 10.8. The van der Waals surface area contributed by atoms with Crippen LogP contribution < -0.4 is 5.32 Å². The Balaban J connectivity index is 2.01. The molecule has 0 aliphatic heterocycles. The summed E-state index contributed by atoms with van der Waals surface area (Å²) in [5, 5.41) is 9.50. The molecule has 5 heteroatoms. The largest absolute Gasteiger partial charge is 0.339 e. The highest BCUT2D eigenvalue weighted by atomic mass is 32.1. The van der Waals surface area contributed by atoms with Gasteiger partial charge < -0.3 is 9.84 Å². The Morgan fingerprint density at radius 3 is 3.00 bits per heavy atom. The van der Waals surface area contributed by atoms with Crippen molar-refractivity contribution in [2.24, 2.45) is 0 Å². The molecular formula is C13H19N3OS. The van der Waals surface area contributed by atoms with E-state index in [1.165, 1.54) is 0 Å². The van der Waals surface area contributed by atoms with Crippen LogP contribution in [0.2, 0.25) is 0 Å². The summed E-state index contributed by atoms with van der Waals surface area (Å²) < 4.78 is 5.32. The molecule has 0 saturated heterocycles. The van der Waals surface area contributed by atoms with Crippen LogP contribution in [0.3, 0.4) is 0 Å². The standard InChI is InChI=1S/C13H19N3OS/c1-3-6-10(14-4-2)9-12-15-13(16-17-12)11-7-5-8-18-11/h5,7-8,10,14H,3-4,6,9H2,1-2H3. The van der Waals surface area contributed by atoms with E-state index in [2.05, 4.69) is 29.3 Å². The zero-order valence-corrected chi connectivity index (χ0v) is 11.7. The first-order valence-corrected chi connectivity index (χ1v) is 7.31. The van der Waals surface area contributed by atoms with Crippen molar-refractivity contribution in [3.63, 3.8) is 0 Å². The van der Waals surface area contributed by atoms with E-state index in [1.54, 1.807) is 11.3 Å². The second-order valence-electron chi connectivity index (χ2n) is 4.24. The SMILES string of the molecule is CCCC(Cc1nc(-c2cccs2)no1)NCC. The minimum Gasteiger partial charge on any atom is -0.339 e. The third-order valence-electron chi connectivity index (χ3n) is 2.76. The Morgan fingerprint density at radius 1 is 1.44 bits per heavy atom. The second-order valence-corrected chi connectivity index (χ2v) is 5.18. The van der Waals surface area contributed by atoms with E-state index in [0.717, 1.165) is 36.6 Å². The first-order valence-electron chi connectivity index (χ1n) is 6.43. The van der Waals surface area contributed by atoms with Crippen LogP contribution in [-0.4, -0.2) is 22.7 Å². The molecule has 2 heterocycles. The van der Waals surface area contributed by atoms with Crippen molar-refractivity contribution in [1.29, 1.82) is 0 Å². The van der Waals surface area contributed by atoms with Crippen molar-refractivity contribution >= 4 is 11.3 Å². The molecule has 4 nitrogen and oxygen atoms in total. The van der Waals surface area contributed by atoms with E-state index < -0.39 is 0 Å². The molecule has 2 aromatic heterocycles. The van der Waals surface area contributed by atoms with Gasteiger partial charge in [-0.15, -0.1) is 11.3 Å². The Morgan fingerprint density at radius 2 is 2.33 bits per heavy atom. The van der Waals surface area contributed by atoms with Gasteiger partial charge in [0.1, 0.15) is 0 Å². The Hall–Kier alpha value is -1.20. The first-order chi connectivity index (χ1) is 8.83. The third-order valence-corrected chi connectivity index (χ3v) is 3.63. The fourth-order valence-electron chi connectivity index (χ4n) is 1.97. The number of rotatable bonds is 7. The minimum absolute atomic E-state index is 0.427. The van der Waals surface area contributed by atoms with Gasteiger partial charge in [0.05, 0.1) is 4.88 Å². The van der Waals surface area contributed by atoms with E-state index >= 15 is 0 Å². The molecule has 0 amide bonds. The summed E-state index contributed by atoms with van der Waals surface area (Å²) in [7, 11) is 0. The molecule has 0 aromatic carbocycles. The smallest absolute Gasteiger partial charge is 0.228 e. The molecule has 0 aliphatic carbocycles. The van der Waals surface area contributed by atoms with Gasteiger partial charge in [0.15, 0.2) is 0 Å². The fourth-order valence-corrected chi connectivity index (χ4v) is 2.62. The van der Waals surface area contributed by atoms with Crippen LogP contribution >= 0.6 is 11.3 Å². The average Bonchev–Trinajstić information content (AvgIpc) is 2.98. The quantitative estimate of drug-likeness (QED) is 0.835. The molecule has 0 saturated carbocycles. The topological polar surface area (TPSA) is 51.0 Å². The van der Waals surface area contributed by atoms with E-state index in [1.807, 2.05) is 17.5 Å². The number of nitrogens with one attached hydrogen (secondary N) is 1. The third kappa shape index (κ3) is 3.40. The summed E-state index contributed by atoms with van der Waals surface area (Å²) in [5.74, 6) is 1.42. The lowest BCUT2D eigenvalue weighted by molar-refractivity contribution is 0.352. The molecule has 1 N–H and O–H groups in total. The van der Waals surface area contributed by atoms with Crippen LogP contribution in [-0.2, 0) is 6.42 Å². The molecule has 98 valence electrons. The maximum absolute atomic E-state index is 5.32. The summed E-state index contributed by atoms with van der Waals surface area (Å²) in [6.07, 6.45) is 3.09. The average molecular weight is 265 g/mol. The highest BCUT2D eigenvalue weighted by molar-refractivity contribution is 7.13. The molecule has 1 unspecified atom stereocenters. The molecule has 2 rings (SSSR count). The molecule has 0 spiro atoms. The summed E-state index contributed by atoms with van der Waals surface area (Å²) in [4.78, 5) is 5.51. The van der Waals surface area contributed by atoms with Crippen LogP contribution in [0.15, 0.2) is 22.0 Å². The minimum atomic E-state index is 0.427. The predicted octanol–water partition coefficient (Wildman–Crippen LogP) is 3.12. The molecule has 0 bridgehead atoms. The summed E-state index contributed by atoms with van der Waals surface area (Å²) in [6, 6.07) is 4.43. The molecule has 18 heavy (non-hydrogen) atoms. The van der Waals surface area contributed by atoms with Crippen LogP contribution in [0, 0.1) is 0 Å². The van der Waals surface area contributed by atoms with Gasteiger partial charge in [0.25, 0.3) is 0 Å². The van der Waals surface area contributed by atoms with E-state index in [4.69, 9.17) is 4.52 Å². The van der Waals surface area contributed by atoms with E-state index in [9.17, 15) is 0 Å². The van der Waals surface area contributed by atoms with Crippen LogP contribution in [0.25, 0.3) is 10.7 Å². The normalized spacial score (nSPS) is 12.8. The summed E-state index contributed by atoms with van der Waals surface area (Å²) >= 11 is 1.63. The van der Waals surface area contributed by atoms with Crippen molar-refractivity contribution in [3.05, 3.63) is 23.4 Å². The highest BCUT2D eigenvalue weighted by Gasteiger charge is 2.14. The van der Waals surface area contributed by atoms with Crippen LogP contribution in [0.1, 0.15) is 32.6 Å². The maximum Gasteiger partial charge on any atom is 0.228 e. The lowest BCUT2D eigenvalue weighted by atomic mass is 10.1. The summed E-state index contributed by atoms with van der Waals surface area (Å²) in [5.41, 5.74) is 0. The van der Waals surface area contributed by atoms with Gasteiger partial charge in [0.2, 0.25) is 11.7 Å². The fraction of sp³-hybridized carbons (Fsp3) is 0.538. The van der Waals surface area contributed by atoms with Crippen LogP contribution in [0.4, 0.5) is 0 Å². The van der Waals surface area contributed by atoms with E-state index in [-0.39, 0.29) is 0 Å². The number of nitrogens with zero attached hydrogens (tertiary/aromatic N) is 2. The highest BCUT2D eigenvalue weighted by Crippen LogP contribution is 2.21. The van der Waals surface area contributed by atoms with Crippen LogP contribution in [0.5, 0.6) is 0 Å². The molecule has 2 aromatic rings. The zero-order chi connectivity index (χ0) is 12.8. The van der Waals surface area contributed by atoms with Gasteiger partial charge in [-0.25, -0.2) is 0 Å².